The van der Waals surface area contributed by atoms with Crippen LogP contribution < -0.4 is 10.2 Å². The molecule has 0 spiro atoms. The number of hydrogen-bond acceptors (Lipinski definition) is 2. The Labute approximate surface area is 109 Å². The summed E-state index contributed by atoms with van der Waals surface area (Å²) < 4.78 is 0. The zero-order chi connectivity index (χ0) is 12.1. The second-order valence-corrected chi connectivity index (χ2v) is 5.05. The maximum atomic E-state index is 6.32. The zero-order valence-corrected chi connectivity index (χ0v) is 11.3. The minimum atomic E-state index is 0.868. The molecule has 1 aromatic carbocycles. The Morgan fingerprint density at radius 1 is 1.29 bits per heavy atom. The smallest absolute Gasteiger partial charge is 0.0471 e. The molecule has 0 aliphatic carbocycles. The van der Waals surface area contributed by atoms with Crippen LogP contribution in [0, 0.1) is 0 Å². The first kappa shape index (κ1) is 12.7. The molecule has 3 heteroatoms. The molecular weight excluding hydrogens is 232 g/mol. The fraction of sp³-hybridized carbons (Fsp3) is 0.571. The van der Waals surface area contributed by atoms with Crippen molar-refractivity contribution >= 4 is 17.3 Å². The van der Waals surface area contributed by atoms with Crippen LogP contribution in [0.1, 0.15) is 31.7 Å². The number of rotatable bonds is 5. The van der Waals surface area contributed by atoms with E-state index in [-0.39, 0.29) is 0 Å². The number of nitrogens with one attached hydrogen (secondary N) is 1. The lowest BCUT2D eigenvalue weighted by atomic mass is 10.2. The van der Waals surface area contributed by atoms with E-state index in [2.05, 4.69) is 35.3 Å². The average Bonchev–Trinajstić information content (AvgIpc) is 2.85. The Balaban J connectivity index is 2.00. The van der Waals surface area contributed by atoms with Crippen LogP contribution in [0.25, 0.3) is 0 Å². The van der Waals surface area contributed by atoms with Gasteiger partial charge in [-0.2, -0.15) is 0 Å². The Kier molecular flexibility index (Phi) is 4.69. The van der Waals surface area contributed by atoms with Gasteiger partial charge >= 0.3 is 0 Å². The molecule has 94 valence electrons. The van der Waals surface area contributed by atoms with Crippen LogP contribution in [-0.4, -0.2) is 19.6 Å². The summed E-state index contributed by atoms with van der Waals surface area (Å²) in [5.74, 6) is 0. The Morgan fingerprint density at radius 3 is 2.71 bits per heavy atom. The highest BCUT2D eigenvalue weighted by Gasteiger charge is 2.13. The standard InChI is InChI=1S/C14H21ClN2/c1-2-7-16-11-12-5-6-13(10-14(12)15)17-8-3-4-9-17/h5-6,10,16H,2-4,7-9,11H2,1H3. The average molecular weight is 253 g/mol. The molecule has 0 unspecified atom stereocenters. The van der Waals surface area contributed by atoms with E-state index >= 15 is 0 Å². The van der Waals surface area contributed by atoms with Crippen LogP contribution >= 0.6 is 11.6 Å². The fourth-order valence-corrected chi connectivity index (χ4v) is 2.49. The maximum Gasteiger partial charge on any atom is 0.0471 e. The predicted molar refractivity (Wildman–Crippen MR) is 74.9 cm³/mol. The molecule has 1 saturated heterocycles. The third-order valence-electron chi connectivity index (χ3n) is 3.25. The molecule has 0 radical (unpaired) electrons. The van der Waals surface area contributed by atoms with Crippen molar-refractivity contribution in [1.82, 2.24) is 5.32 Å². The van der Waals surface area contributed by atoms with Gasteiger partial charge in [-0.15, -0.1) is 0 Å². The van der Waals surface area contributed by atoms with Gasteiger partial charge in [0.25, 0.3) is 0 Å². The topological polar surface area (TPSA) is 15.3 Å². The molecule has 2 nitrogen and oxygen atoms in total. The van der Waals surface area contributed by atoms with E-state index in [0.29, 0.717) is 0 Å². The van der Waals surface area contributed by atoms with Crippen LogP contribution in [0.3, 0.4) is 0 Å². The van der Waals surface area contributed by atoms with Gasteiger partial charge in [-0.05, 0) is 43.5 Å². The van der Waals surface area contributed by atoms with Crippen LogP contribution in [0.2, 0.25) is 5.02 Å². The summed E-state index contributed by atoms with van der Waals surface area (Å²) in [6.45, 7) is 6.43. The molecule has 0 bridgehead atoms. The van der Waals surface area contributed by atoms with Crippen LogP contribution in [-0.2, 0) is 6.54 Å². The Bertz CT molecular complexity index is 359. The molecule has 1 aliphatic rings. The number of nitrogens with zero attached hydrogens (tertiary/aromatic N) is 1. The van der Waals surface area contributed by atoms with Gasteiger partial charge in [-0.1, -0.05) is 24.6 Å². The minimum absolute atomic E-state index is 0.868. The maximum absolute atomic E-state index is 6.32. The molecule has 0 atom stereocenters. The molecule has 0 amide bonds. The zero-order valence-electron chi connectivity index (χ0n) is 10.5. The van der Waals surface area contributed by atoms with Gasteiger partial charge in [0.15, 0.2) is 0 Å². The van der Waals surface area contributed by atoms with Crippen molar-refractivity contribution in [1.29, 1.82) is 0 Å². The second-order valence-electron chi connectivity index (χ2n) is 4.65. The number of hydrogen-bond donors (Lipinski definition) is 1. The molecule has 1 aliphatic heterocycles. The van der Waals surface area contributed by atoms with Crippen LogP contribution in [0.4, 0.5) is 5.69 Å². The van der Waals surface area contributed by atoms with Crippen LogP contribution in [0.5, 0.6) is 0 Å². The lowest BCUT2D eigenvalue weighted by Gasteiger charge is -2.18. The molecule has 1 N–H and O–H groups in total. The van der Waals surface area contributed by atoms with Crippen molar-refractivity contribution < 1.29 is 0 Å². The molecule has 0 aromatic heterocycles. The lowest BCUT2D eigenvalue weighted by Crippen LogP contribution is -2.18. The van der Waals surface area contributed by atoms with E-state index in [0.717, 1.165) is 24.5 Å². The number of benzene rings is 1. The summed E-state index contributed by atoms with van der Waals surface area (Å²) in [6, 6.07) is 6.45. The van der Waals surface area contributed by atoms with E-state index in [1.165, 1.54) is 37.2 Å². The quantitative estimate of drug-likeness (QED) is 0.808. The highest BCUT2D eigenvalue weighted by Crippen LogP contribution is 2.26. The highest BCUT2D eigenvalue weighted by molar-refractivity contribution is 6.31. The molecule has 1 fully saturated rings. The summed E-state index contributed by atoms with van der Waals surface area (Å²) in [5, 5.41) is 4.27. The third-order valence-corrected chi connectivity index (χ3v) is 3.60. The van der Waals surface area contributed by atoms with E-state index in [4.69, 9.17) is 11.6 Å². The van der Waals surface area contributed by atoms with E-state index in [9.17, 15) is 0 Å². The minimum Gasteiger partial charge on any atom is -0.371 e. The summed E-state index contributed by atoms with van der Waals surface area (Å²) >= 11 is 6.32. The van der Waals surface area contributed by atoms with Gasteiger partial charge in [0.1, 0.15) is 0 Å². The molecule has 2 rings (SSSR count). The highest BCUT2D eigenvalue weighted by atomic mass is 35.5. The molecule has 1 aromatic rings. The Hall–Kier alpha value is -0.730. The first-order valence-electron chi connectivity index (χ1n) is 6.55. The largest absolute Gasteiger partial charge is 0.371 e. The first-order valence-corrected chi connectivity index (χ1v) is 6.93. The van der Waals surface area contributed by atoms with E-state index in [1.54, 1.807) is 0 Å². The van der Waals surface area contributed by atoms with Crippen molar-refractivity contribution in [3.05, 3.63) is 28.8 Å². The van der Waals surface area contributed by atoms with Crippen molar-refractivity contribution in [2.45, 2.75) is 32.7 Å². The summed E-state index contributed by atoms with van der Waals surface area (Å²) in [7, 11) is 0. The molecule has 1 heterocycles. The molecule has 0 saturated carbocycles. The van der Waals surface area contributed by atoms with Crippen molar-refractivity contribution in [3.63, 3.8) is 0 Å². The first-order chi connectivity index (χ1) is 8.31. The van der Waals surface area contributed by atoms with Gasteiger partial charge in [0.05, 0.1) is 0 Å². The Morgan fingerprint density at radius 2 is 2.06 bits per heavy atom. The summed E-state index contributed by atoms with van der Waals surface area (Å²) in [6.07, 6.45) is 3.76. The molecule has 17 heavy (non-hydrogen) atoms. The normalized spacial score (nSPS) is 15.5. The monoisotopic (exact) mass is 252 g/mol. The van der Waals surface area contributed by atoms with Crippen LogP contribution in [0.15, 0.2) is 18.2 Å². The van der Waals surface area contributed by atoms with E-state index in [1.807, 2.05) is 0 Å². The van der Waals surface area contributed by atoms with Gasteiger partial charge in [-0.25, -0.2) is 0 Å². The third kappa shape index (κ3) is 3.36. The van der Waals surface area contributed by atoms with Gasteiger partial charge in [0.2, 0.25) is 0 Å². The number of halogens is 1. The second kappa shape index (κ2) is 6.27. The fourth-order valence-electron chi connectivity index (χ4n) is 2.25. The summed E-state index contributed by atoms with van der Waals surface area (Å²) in [4.78, 5) is 2.41. The van der Waals surface area contributed by atoms with Gasteiger partial charge in [-0.3, -0.25) is 0 Å². The molecular formula is C14H21ClN2. The van der Waals surface area contributed by atoms with Crippen molar-refractivity contribution in [2.24, 2.45) is 0 Å². The van der Waals surface area contributed by atoms with E-state index < -0.39 is 0 Å². The predicted octanol–water partition coefficient (Wildman–Crippen LogP) is 3.44. The van der Waals surface area contributed by atoms with Gasteiger partial charge in [0, 0.05) is 30.3 Å². The van der Waals surface area contributed by atoms with Gasteiger partial charge < -0.3 is 10.2 Å². The SMILES string of the molecule is CCCNCc1ccc(N2CCCC2)cc1Cl. The van der Waals surface area contributed by atoms with Crippen molar-refractivity contribution in [3.8, 4) is 0 Å². The summed E-state index contributed by atoms with van der Waals surface area (Å²) in [5.41, 5.74) is 2.47. The van der Waals surface area contributed by atoms with Crippen molar-refractivity contribution in [2.75, 3.05) is 24.5 Å². The number of anilines is 1. The lowest BCUT2D eigenvalue weighted by molar-refractivity contribution is 0.675.